The SMILES string of the molecule is Cc1nn(C)c(C)c1CCC(=O)NC(C)c1ccccc1Br. The van der Waals surface area contributed by atoms with E-state index in [4.69, 9.17) is 0 Å². The molecule has 2 aromatic rings. The number of rotatable bonds is 5. The molecule has 0 fully saturated rings. The molecule has 1 aromatic heterocycles. The van der Waals surface area contributed by atoms with Crippen LogP contribution in [0.2, 0.25) is 0 Å². The number of aromatic nitrogens is 2. The summed E-state index contributed by atoms with van der Waals surface area (Å²) in [5.74, 6) is 0.0610. The van der Waals surface area contributed by atoms with Crippen molar-refractivity contribution in [1.29, 1.82) is 0 Å². The third kappa shape index (κ3) is 3.77. The second-order valence-corrected chi connectivity index (χ2v) is 6.44. The van der Waals surface area contributed by atoms with E-state index in [1.807, 2.05) is 56.8 Å². The van der Waals surface area contributed by atoms with E-state index in [1.54, 1.807) is 0 Å². The lowest BCUT2D eigenvalue weighted by atomic mass is 10.1. The number of nitrogens with zero attached hydrogens (tertiary/aromatic N) is 2. The van der Waals surface area contributed by atoms with E-state index >= 15 is 0 Å². The van der Waals surface area contributed by atoms with Crippen molar-refractivity contribution in [2.75, 3.05) is 0 Å². The number of hydrogen-bond donors (Lipinski definition) is 1. The fourth-order valence-electron chi connectivity index (χ4n) is 2.64. The van der Waals surface area contributed by atoms with Gasteiger partial charge in [-0.15, -0.1) is 0 Å². The van der Waals surface area contributed by atoms with Gasteiger partial charge < -0.3 is 5.32 Å². The topological polar surface area (TPSA) is 46.9 Å². The van der Waals surface area contributed by atoms with Gasteiger partial charge in [0.05, 0.1) is 11.7 Å². The van der Waals surface area contributed by atoms with Gasteiger partial charge in [0.1, 0.15) is 0 Å². The van der Waals surface area contributed by atoms with Gasteiger partial charge in [-0.3, -0.25) is 9.48 Å². The van der Waals surface area contributed by atoms with Crippen molar-refractivity contribution in [3.8, 4) is 0 Å². The fraction of sp³-hybridized carbons (Fsp3) is 0.412. The zero-order valence-electron chi connectivity index (χ0n) is 13.5. The molecule has 4 nitrogen and oxygen atoms in total. The summed E-state index contributed by atoms with van der Waals surface area (Å²) in [6.45, 7) is 6.03. The second kappa shape index (κ2) is 7.09. The van der Waals surface area contributed by atoms with Gasteiger partial charge in [-0.1, -0.05) is 34.1 Å². The Labute approximate surface area is 140 Å². The monoisotopic (exact) mass is 363 g/mol. The predicted octanol–water partition coefficient (Wildman–Crippen LogP) is 3.61. The van der Waals surface area contributed by atoms with Crippen LogP contribution < -0.4 is 5.32 Å². The van der Waals surface area contributed by atoms with E-state index in [1.165, 1.54) is 5.56 Å². The second-order valence-electron chi connectivity index (χ2n) is 5.58. The summed E-state index contributed by atoms with van der Waals surface area (Å²) in [5.41, 5.74) is 4.39. The molecule has 1 amide bonds. The maximum atomic E-state index is 12.2. The molecule has 0 aliphatic heterocycles. The summed E-state index contributed by atoms with van der Waals surface area (Å²) in [6.07, 6.45) is 1.20. The van der Waals surface area contributed by atoms with E-state index in [9.17, 15) is 4.79 Å². The van der Waals surface area contributed by atoms with Crippen LogP contribution in [0, 0.1) is 13.8 Å². The molecular formula is C17H22BrN3O. The lowest BCUT2D eigenvalue weighted by Gasteiger charge is -2.16. The Bertz CT molecular complexity index is 679. The Morgan fingerprint density at radius 2 is 2.05 bits per heavy atom. The van der Waals surface area contributed by atoms with Gasteiger partial charge in [0.25, 0.3) is 0 Å². The third-order valence-corrected chi connectivity index (χ3v) is 4.73. The van der Waals surface area contributed by atoms with E-state index in [0.717, 1.165) is 27.8 Å². The molecule has 1 heterocycles. The van der Waals surface area contributed by atoms with E-state index in [-0.39, 0.29) is 11.9 Å². The zero-order valence-corrected chi connectivity index (χ0v) is 15.1. The van der Waals surface area contributed by atoms with Crippen LogP contribution >= 0.6 is 15.9 Å². The number of carbonyl (C=O) groups is 1. The highest BCUT2D eigenvalue weighted by molar-refractivity contribution is 9.10. The van der Waals surface area contributed by atoms with Crippen molar-refractivity contribution < 1.29 is 4.79 Å². The van der Waals surface area contributed by atoms with Crippen molar-refractivity contribution in [1.82, 2.24) is 15.1 Å². The summed E-state index contributed by atoms with van der Waals surface area (Å²) in [6, 6.07) is 7.94. The third-order valence-electron chi connectivity index (χ3n) is 4.01. The lowest BCUT2D eigenvalue weighted by Crippen LogP contribution is -2.27. The lowest BCUT2D eigenvalue weighted by molar-refractivity contribution is -0.121. The minimum Gasteiger partial charge on any atom is -0.350 e. The number of amides is 1. The number of aryl methyl sites for hydroxylation is 2. The Balaban J connectivity index is 1.95. The van der Waals surface area contributed by atoms with Crippen molar-refractivity contribution in [2.24, 2.45) is 7.05 Å². The number of benzene rings is 1. The minimum absolute atomic E-state index is 0.0147. The van der Waals surface area contributed by atoms with Gasteiger partial charge in [-0.05, 0) is 44.4 Å². The van der Waals surface area contributed by atoms with Crippen molar-refractivity contribution in [2.45, 2.75) is 39.7 Å². The maximum absolute atomic E-state index is 12.2. The molecule has 0 aliphatic rings. The van der Waals surface area contributed by atoms with Gasteiger partial charge in [0.15, 0.2) is 0 Å². The van der Waals surface area contributed by atoms with E-state index in [2.05, 4.69) is 26.3 Å². The molecule has 0 saturated carbocycles. The summed E-state index contributed by atoms with van der Waals surface area (Å²) in [4.78, 5) is 12.2. The molecule has 1 atom stereocenters. The molecule has 0 radical (unpaired) electrons. The highest BCUT2D eigenvalue weighted by atomic mass is 79.9. The van der Waals surface area contributed by atoms with Crippen LogP contribution in [0.5, 0.6) is 0 Å². The van der Waals surface area contributed by atoms with Crippen molar-refractivity contribution >= 4 is 21.8 Å². The van der Waals surface area contributed by atoms with Gasteiger partial charge in [-0.2, -0.15) is 5.10 Å². The van der Waals surface area contributed by atoms with E-state index in [0.29, 0.717) is 6.42 Å². The Hall–Kier alpha value is -1.62. The highest BCUT2D eigenvalue weighted by Gasteiger charge is 2.14. The molecule has 1 N–H and O–H groups in total. The Morgan fingerprint density at radius 3 is 2.64 bits per heavy atom. The number of nitrogens with one attached hydrogen (secondary N) is 1. The Morgan fingerprint density at radius 1 is 1.36 bits per heavy atom. The number of carbonyl (C=O) groups excluding carboxylic acids is 1. The molecule has 118 valence electrons. The molecule has 0 bridgehead atoms. The first kappa shape index (κ1) is 16.7. The molecule has 1 unspecified atom stereocenters. The minimum atomic E-state index is -0.0147. The molecule has 2 rings (SSSR count). The maximum Gasteiger partial charge on any atom is 0.220 e. The number of halogens is 1. The summed E-state index contributed by atoms with van der Waals surface area (Å²) in [7, 11) is 1.93. The predicted molar refractivity (Wildman–Crippen MR) is 91.7 cm³/mol. The van der Waals surface area contributed by atoms with Crippen LogP contribution in [-0.4, -0.2) is 15.7 Å². The molecule has 5 heteroatoms. The number of hydrogen-bond acceptors (Lipinski definition) is 2. The first-order valence-corrected chi connectivity index (χ1v) is 8.22. The normalized spacial score (nSPS) is 12.2. The van der Waals surface area contributed by atoms with Crippen LogP contribution in [0.1, 0.15) is 41.9 Å². The van der Waals surface area contributed by atoms with Crippen molar-refractivity contribution in [3.05, 3.63) is 51.3 Å². The molecular weight excluding hydrogens is 342 g/mol. The smallest absolute Gasteiger partial charge is 0.220 e. The fourth-order valence-corrected chi connectivity index (χ4v) is 3.26. The zero-order chi connectivity index (χ0) is 16.3. The summed E-state index contributed by atoms with van der Waals surface area (Å²) >= 11 is 3.52. The van der Waals surface area contributed by atoms with E-state index < -0.39 is 0 Å². The summed E-state index contributed by atoms with van der Waals surface area (Å²) in [5, 5.41) is 7.44. The molecule has 1 aromatic carbocycles. The van der Waals surface area contributed by atoms with Crippen LogP contribution in [-0.2, 0) is 18.3 Å². The van der Waals surface area contributed by atoms with Crippen molar-refractivity contribution in [3.63, 3.8) is 0 Å². The largest absolute Gasteiger partial charge is 0.350 e. The van der Waals surface area contributed by atoms with Crippen LogP contribution in [0.25, 0.3) is 0 Å². The van der Waals surface area contributed by atoms with Gasteiger partial charge >= 0.3 is 0 Å². The van der Waals surface area contributed by atoms with Gasteiger partial charge in [-0.25, -0.2) is 0 Å². The Kier molecular flexibility index (Phi) is 5.40. The quantitative estimate of drug-likeness (QED) is 0.881. The molecule has 22 heavy (non-hydrogen) atoms. The summed E-state index contributed by atoms with van der Waals surface area (Å²) < 4.78 is 2.88. The highest BCUT2D eigenvalue weighted by Crippen LogP contribution is 2.23. The molecule has 0 saturated heterocycles. The average Bonchev–Trinajstić information content (AvgIpc) is 2.70. The van der Waals surface area contributed by atoms with Crippen LogP contribution in [0.15, 0.2) is 28.7 Å². The van der Waals surface area contributed by atoms with Crippen LogP contribution in [0.4, 0.5) is 0 Å². The van der Waals surface area contributed by atoms with Crippen LogP contribution in [0.3, 0.4) is 0 Å². The first-order valence-electron chi connectivity index (χ1n) is 7.43. The standard InChI is InChI=1S/C17H22BrN3O/c1-11(15-7-5-6-8-16(15)18)19-17(22)10-9-14-12(2)20-21(4)13(14)3/h5-8,11H,9-10H2,1-4H3,(H,19,22). The molecule has 0 spiro atoms. The average molecular weight is 364 g/mol. The first-order chi connectivity index (χ1) is 10.4. The van der Waals surface area contributed by atoms with Gasteiger partial charge in [0, 0.05) is 23.6 Å². The molecule has 0 aliphatic carbocycles. The van der Waals surface area contributed by atoms with Gasteiger partial charge in [0.2, 0.25) is 5.91 Å².